The number of fused-ring (bicyclic) bond motifs is 1. The number of hydrogen-bond donors (Lipinski definition) is 2. The van der Waals surface area contributed by atoms with E-state index < -0.39 is 5.54 Å². The Balaban J connectivity index is 1.48. The first kappa shape index (κ1) is 24.8. The van der Waals surface area contributed by atoms with Crippen molar-refractivity contribution in [2.45, 2.75) is 25.8 Å². The molecule has 5 rings (SSSR count). The van der Waals surface area contributed by atoms with Crippen LogP contribution in [0.3, 0.4) is 0 Å². The van der Waals surface area contributed by atoms with E-state index in [4.69, 9.17) is 26.2 Å². The maximum atomic E-state index is 12.9. The van der Waals surface area contributed by atoms with E-state index in [0.717, 1.165) is 54.4 Å². The molecule has 4 N–H and O–H groups in total. The SMILES string of the molecule is CN(CC(C)(C)N)C(=O)c1ccc(N2CCc3c(-c4cnc(N)nc4)nc(N4CCOCC4)nc32)cc1. The highest BCUT2D eigenvalue weighted by Crippen LogP contribution is 2.39. The van der Waals surface area contributed by atoms with Crippen LogP contribution in [0.4, 0.5) is 23.4 Å². The number of amides is 1. The summed E-state index contributed by atoms with van der Waals surface area (Å²) < 4.78 is 5.53. The number of carbonyl (C=O) groups excluding carboxylic acids is 1. The summed E-state index contributed by atoms with van der Waals surface area (Å²) in [7, 11) is 1.77. The van der Waals surface area contributed by atoms with Crippen LogP contribution in [0.5, 0.6) is 0 Å². The van der Waals surface area contributed by atoms with Gasteiger partial charge < -0.3 is 30.9 Å². The van der Waals surface area contributed by atoms with Crippen LogP contribution >= 0.6 is 0 Å². The number of ether oxygens (including phenoxy) is 1. The quantitative estimate of drug-likeness (QED) is 0.512. The Morgan fingerprint density at radius 1 is 1.08 bits per heavy atom. The highest BCUT2D eigenvalue weighted by atomic mass is 16.5. The second kappa shape index (κ2) is 9.91. The van der Waals surface area contributed by atoms with Crippen molar-refractivity contribution in [3.63, 3.8) is 0 Å². The number of anilines is 4. The predicted octanol–water partition coefficient (Wildman–Crippen LogP) is 1.86. The van der Waals surface area contributed by atoms with Gasteiger partial charge in [-0.3, -0.25) is 4.79 Å². The van der Waals surface area contributed by atoms with Crippen LogP contribution in [0.25, 0.3) is 11.3 Å². The van der Waals surface area contributed by atoms with Gasteiger partial charge in [0.15, 0.2) is 0 Å². The van der Waals surface area contributed by atoms with Gasteiger partial charge in [-0.25, -0.2) is 15.0 Å². The zero-order chi connectivity index (χ0) is 26.2. The van der Waals surface area contributed by atoms with Gasteiger partial charge in [0, 0.05) is 73.5 Å². The Hall–Kier alpha value is -3.83. The summed E-state index contributed by atoms with van der Waals surface area (Å²) in [6.45, 7) is 7.73. The van der Waals surface area contributed by atoms with E-state index in [1.807, 2.05) is 38.1 Å². The van der Waals surface area contributed by atoms with Crippen molar-refractivity contribution in [2.75, 3.05) is 62.0 Å². The van der Waals surface area contributed by atoms with E-state index >= 15 is 0 Å². The summed E-state index contributed by atoms with van der Waals surface area (Å²) in [5.41, 5.74) is 15.6. The minimum Gasteiger partial charge on any atom is -0.378 e. The summed E-state index contributed by atoms with van der Waals surface area (Å²) in [6, 6.07) is 7.64. The molecule has 0 spiro atoms. The van der Waals surface area contributed by atoms with Crippen molar-refractivity contribution in [2.24, 2.45) is 5.73 Å². The molecule has 3 aromatic rings. The molecule has 1 amide bonds. The normalized spacial score (nSPS) is 15.6. The topological polar surface area (TPSA) is 140 Å². The summed E-state index contributed by atoms with van der Waals surface area (Å²) in [6.07, 6.45) is 4.18. The molecule has 0 saturated carbocycles. The summed E-state index contributed by atoms with van der Waals surface area (Å²) in [4.78, 5) is 37.1. The fraction of sp³-hybridized carbons (Fsp3) is 0.423. The van der Waals surface area contributed by atoms with Gasteiger partial charge in [-0.1, -0.05) is 0 Å². The number of nitrogens with two attached hydrogens (primary N) is 2. The molecule has 2 aliphatic rings. The van der Waals surface area contributed by atoms with Crippen molar-refractivity contribution in [3.05, 3.63) is 47.8 Å². The van der Waals surface area contributed by atoms with E-state index in [9.17, 15) is 4.79 Å². The largest absolute Gasteiger partial charge is 0.378 e. The van der Waals surface area contributed by atoms with Crippen LogP contribution in [0.1, 0.15) is 29.8 Å². The monoisotopic (exact) mass is 503 g/mol. The third-order valence-electron chi connectivity index (χ3n) is 6.47. The number of morpholine rings is 1. The number of likely N-dealkylation sites (N-methyl/N-ethyl adjacent to an activating group) is 1. The molecule has 0 aliphatic carbocycles. The number of hydrogen-bond acceptors (Lipinski definition) is 10. The Bertz CT molecular complexity index is 1270. The minimum atomic E-state index is -0.464. The van der Waals surface area contributed by atoms with Crippen molar-refractivity contribution >= 4 is 29.3 Å². The van der Waals surface area contributed by atoms with Gasteiger partial charge in [0.2, 0.25) is 11.9 Å². The molecular weight excluding hydrogens is 470 g/mol. The second-order valence-corrected chi connectivity index (χ2v) is 10.2. The predicted molar refractivity (Wildman–Crippen MR) is 143 cm³/mol. The van der Waals surface area contributed by atoms with Gasteiger partial charge in [0.1, 0.15) is 5.82 Å². The van der Waals surface area contributed by atoms with E-state index in [2.05, 4.69) is 19.8 Å². The van der Waals surface area contributed by atoms with Crippen molar-refractivity contribution in [1.82, 2.24) is 24.8 Å². The number of nitrogens with zero attached hydrogens (tertiary/aromatic N) is 7. The molecule has 194 valence electrons. The van der Waals surface area contributed by atoms with Gasteiger partial charge in [-0.2, -0.15) is 4.98 Å². The minimum absolute atomic E-state index is 0.0607. The van der Waals surface area contributed by atoms with Gasteiger partial charge in [-0.15, -0.1) is 0 Å². The average Bonchev–Trinajstić information content (AvgIpc) is 3.32. The lowest BCUT2D eigenvalue weighted by atomic mass is 10.1. The van der Waals surface area contributed by atoms with Crippen molar-refractivity contribution in [3.8, 4) is 11.3 Å². The zero-order valence-corrected chi connectivity index (χ0v) is 21.5. The molecule has 0 bridgehead atoms. The molecule has 1 fully saturated rings. The molecule has 11 nitrogen and oxygen atoms in total. The van der Waals surface area contributed by atoms with E-state index in [0.29, 0.717) is 31.3 Å². The maximum absolute atomic E-state index is 12.9. The highest BCUT2D eigenvalue weighted by molar-refractivity contribution is 5.94. The Morgan fingerprint density at radius 2 is 1.76 bits per heavy atom. The van der Waals surface area contributed by atoms with Crippen LogP contribution in [-0.2, 0) is 11.2 Å². The third kappa shape index (κ3) is 5.32. The fourth-order valence-electron chi connectivity index (χ4n) is 4.79. The molecule has 2 aliphatic heterocycles. The van der Waals surface area contributed by atoms with Gasteiger partial charge in [-0.05, 0) is 44.5 Å². The van der Waals surface area contributed by atoms with E-state index in [1.54, 1.807) is 24.3 Å². The summed E-state index contributed by atoms with van der Waals surface area (Å²) in [5.74, 6) is 1.66. The van der Waals surface area contributed by atoms with Crippen molar-refractivity contribution in [1.29, 1.82) is 0 Å². The number of nitrogen functional groups attached to an aromatic ring is 1. The molecule has 37 heavy (non-hydrogen) atoms. The van der Waals surface area contributed by atoms with E-state index in [-0.39, 0.29) is 11.9 Å². The van der Waals surface area contributed by atoms with Crippen LogP contribution in [0, 0.1) is 0 Å². The second-order valence-electron chi connectivity index (χ2n) is 10.2. The molecule has 0 atom stereocenters. The van der Waals surface area contributed by atoms with Gasteiger partial charge >= 0.3 is 0 Å². The first-order valence-electron chi connectivity index (χ1n) is 12.4. The standard InChI is InChI=1S/C26H33N9O2/c1-26(2,28)16-33(3)23(36)17-4-6-19(7-5-17)35-9-8-20-21(18-14-29-24(27)30-15-18)31-25(32-22(20)35)34-10-12-37-13-11-34/h4-7,14-15H,8-13,16,28H2,1-3H3,(H2,27,29,30). The smallest absolute Gasteiger partial charge is 0.253 e. The Labute approximate surface area is 216 Å². The molecular formula is C26H33N9O2. The van der Waals surface area contributed by atoms with E-state index in [1.165, 1.54) is 0 Å². The first-order chi connectivity index (χ1) is 17.7. The molecule has 1 aromatic carbocycles. The zero-order valence-electron chi connectivity index (χ0n) is 21.5. The summed E-state index contributed by atoms with van der Waals surface area (Å²) in [5, 5.41) is 0. The van der Waals surface area contributed by atoms with Crippen LogP contribution in [-0.4, -0.2) is 82.7 Å². The highest BCUT2D eigenvalue weighted by Gasteiger charge is 2.29. The Morgan fingerprint density at radius 3 is 2.41 bits per heavy atom. The number of aromatic nitrogens is 4. The molecule has 2 aromatic heterocycles. The van der Waals surface area contributed by atoms with Crippen molar-refractivity contribution < 1.29 is 9.53 Å². The number of carbonyl (C=O) groups is 1. The van der Waals surface area contributed by atoms with Crippen LogP contribution < -0.4 is 21.3 Å². The number of benzene rings is 1. The average molecular weight is 504 g/mol. The molecule has 4 heterocycles. The van der Waals surface area contributed by atoms with Gasteiger partial charge in [0.25, 0.3) is 5.91 Å². The third-order valence-corrected chi connectivity index (χ3v) is 6.47. The fourth-order valence-corrected chi connectivity index (χ4v) is 4.79. The molecule has 0 unspecified atom stereocenters. The Kier molecular flexibility index (Phi) is 6.65. The lowest BCUT2D eigenvalue weighted by Gasteiger charge is -2.28. The van der Waals surface area contributed by atoms with Crippen LogP contribution in [0.15, 0.2) is 36.7 Å². The molecule has 11 heteroatoms. The first-order valence-corrected chi connectivity index (χ1v) is 12.4. The number of rotatable bonds is 6. The molecule has 1 saturated heterocycles. The summed E-state index contributed by atoms with van der Waals surface area (Å²) >= 11 is 0. The molecule has 0 radical (unpaired) electrons. The lowest BCUT2D eigenvalue weighted by molar-refractivity contribution is 0.0769. The maximum Gasteiger partial charge on any atom is 0.253 e. The lowest BCUT2D eigenvalue weighted by Crippen LogP contribution is -2.45. The van der Waals surface area contributed by atoms with Gasteiger partial charge in [0.05, 0.1) is 18.9 Å². The van der Waals surface area contributed by atoms with Crippen LogP contribution in [0.2, 0.25) is 0 Å².